The Labute approximate surface area is 186 Å². The van der Waals surface area contributed by atoms with E-state index in [2.05, 4.69) is 65.8 Å². The second kappa shape index (κ2) is 10.2. The number of hydrogen-bond acceptors (Lipinski definition) is 4. The molecule has 4 nitrogen and oxygen atoms in total. The number of fused-ring (bicyclic) bond motifs is 1. The minimum absolute atomic E-state index is 0.00550. The number of nitrogens with one attached hydrogen (secondary N) is 1. The van der Waals surface area contributed by atoms with E-state index in [4.69, 9.17) is 4.74 Å². The molecule has 0 saturated heterocycles. The molecule has 0 aromatic heterocycles. The summed E-state index contributed by atoms with van der Waals surface area (Å²) in [6, 6.07) is 13.3. The van der Waals surface area contributed by atoms with Crippen molar-refractivity contribution in [1.82, 2.24) is 0 Å². The van der Waals surface area contributed by atoms with Crippen molar-refractivity contribution in [3.05, 3.63) is 58.7 Å². The molecule has 1 heterocycles. The minimum atomic E-state index is -0.00550. The maximum atomic E-state index is 5.47. The molecule has 31 heavy (non-hydrogen) atoms. The molecule has 0 spiro atoms. The molecule has 1 aliphatic heterocycles. The predicted octanol–water partition coefficient (Wildman–Crippen LogP) is 6.62. The zero-order valence-electron chi connectivity index (χ0n) is 19.2. The number of methoxy groups -OCH3 is 1. The van der Waals surface area contributed by atoms with Gasteiger partial charge in [0.15, 0.2) is 0 Å². The van der Waals surface area contributed by atoms with E-state index in [0.29, 0.717) is 0 Å². The molecule has 0 radical (unpaired) electrons. The van der Waals surface area contributed by atoms with Crippen LogP contribution in [0.3, 0.4) is 0 Å². The Morgan fingerprint density at radius 2 is 2.06 bits per heavy atom. The van der Waals surface area contributed by atoms with Crippen LogP contribution in [-0.2, 0) is 17.6 Å². The molecular weight excluding hydrogens is 382 g/mol. The Balaban J connectivity index is 1.57. The molecule has 4 heteroatoms. The lowest BCUT2D eigenvalue weighted by Gasteiger charge is -2.19. The number of nitrogens with zero attached hydrogens (tertiary/aromatic N) is 2. The van der Waals surface area contributed by atoms with Gasteiger partial charge in [0.1, 0.15) is 0 Å². The van der Waals surface area contributed by atoms with Crippen molar-refractivity contribution in [3.8, 4) is 0 Å². The van der Waals surface area contributed by atoms with Gasteiger partial charge in [-0.3, -0.25) is 0 Å². The molecule has 0 fully saturated rings. The number of ether oxygens (including phenoxy) is 1. The van der Waals surface area contributed by atoms with Crippen LogP contribution in [0.2, 0.25) is 0 Å². The Bertz CT molecular complexity index is 963. The first-order valence-electron chi connectivity index (χ1n) is 11.8. The van der Waals surface area contributed by atoms with Crippen molar-refractivity contribution in [2.75, 3.05) is 12.4 Å². The van der Waals surface area contributed by atoms with Crippen molar-refractivity contribution in [1.29, 1.82) is 0 Å². The molecule has 2 aromatic rings. The van der Waals surface area contributed by atoms with E-state index in [1.165, 1.54) is 60.9 Å². The number of anilines is 2. The average molecular weight is 418 g/mol. The van der Waals surface area contributed by atoms with Crippen LogP contribution in [0, 0.1) is 12.8 Å². The fourth-order valence-corrected chi connectivity index (χ4v) is 4.89. The molecule has 2 atom stereocenters. The second-order valence-corrected chi connectivity index (χ2v) is 8.99. The third kappa shape index (κ3) is 5.24. The number of rotatable bonds is 7. The standard InChI is InChI=1S/C27H35N3O/c1-4-5-8-20-9-6-11-24-21(15-20)10-7-12-26(24)29-22-14-13-19(2)25(16-22)27-17-23(31-3)18-28-30-27/h7,10,12-14,16,18,20,23,29H,4-6,8-9,11,15,17H2,1-3H3. The average Bonchev–Trinajstić information content (AvgIpc) is 3.01. The number of aryl methyl sites for hydroxylation is 1. The van der Waals surface area contributed by atoms with Crippen LogP contribution in [0.5, 0.6) is 0 Å². The van der Waals surface area contributed by atoms with Gasteiger partial charge in [-0.05, 0) is 73.4 Å². The van der Waals surface area contributed by atoms with E-state index in [0.717, 1.165) is 35.7 Å². The van der Waals surface area contributed by atoms with Gasteiger partial charge in [-0.2, -0.15) is 10.2 Å². The summed E-state index contributed by atoms with van der Waals surface area (Å²) in [7, 11) is 1.72. The SMILES string of the molecule is CCCCC1CCCc2c(cccc2Nc2ccc(C)c(C3=NN=CC(OC)C3)c2)C1. The third-order valence-electron chi connectivity index (χ3n) is 6.72. The monoisotopic (exact) mass is 417 g/mol. The molecule has 4 rings (SSSR count). The zero-order chi connectivity index (χ0) is 21.6. The van der Waals surface area contributed by atoms with Gasteiger partial charge in [-0.1, -0.05) is 44.4 Å². The van der Waals surface area contributed by atoms with Crippen LogP contribution in [0.15, 0.2) is 46.6 Å². The van der Waals surface area contributed by atoms with Gasteiger partial charge in [-0.25, -0.2) is 0 Å². The molecule has 2 aliphatic rings. The van der Waals surface area contributed by atoms with Gasteiger partial charge >= 0.3 is 0 Å². The second-order valence-electron chi connectivity index (χ2n) is 8.99. The van der Waals surface area contributed by atoms with Crippen LogP contribution in [0.25, 0.3) is 0 Å². The third-order valence-corrected chi connectivity index (χ3v) is 6.72. The Kier molecular flexibility index (Phi) is 7.18. The number of hydrogen-bond donors (Lipinski definition) is 1. The van der Waals surface area contributed by atoms with E-state index in [9.17, 15) is 0 Å². The van der Waals surface area contributed by atoms with Crippen molar-refractivity contribution in [3.63, 3.8) is 0 Å². The lowest BCUT2D eigenvalue weighted by Crippen LogP contribution is -2.21. The highest BCUT2D eigenvalue weighted by Gasteiger charge is 2.20. The fraction of sp³-hybridized carbons (Fsp3) is 0.481. The first-order valence-corrected chi connectivity index (χ1v) is 11.8. The highest BCUT2D eigenvalue weighted by atomic mass is 16.5. The highest BCUT2D eigenvalue weighted by Crippen LogP contribution is 2.33. The minimum Gasteiger partial charge on any atom is -0.375 e. The van der Waals surface area contributed by atoms with Gasteiger partial charge in [0.05, 0.1) is 18.0 Å². The summed E-state index contributed by atoms with van der Waals surface area (Å²) in [5, 5.41) is 12.3. The molecule has 2 unspecified atom stereocenters. The largest absolute Gasteiger partial charge is 0.375 e. The summed E-state index contributed by atoms with van der Waals surface area (Å²) >= 11 is 0. The molecule has 0 saturated carbocycles. The Hall–Kier alpha value is -2.46. The van der Waals surface area contributed by atoms with Crippen LogP contribution in [0.1, 0.15) is 67.7 Å². The summed E-state index contributed by atoms with van der Waals surface area (Å²) in [4.78, 5) is 0. The quantitative estimate of drug-likeness (QED) is 0.515. The lowest BCUT2D eigenvalue weighted by molar-refractivity contribution is 0.164. The first kappa shape index (κ1) is 21.8. The van der Waals surface area contributed by atoms with Crippen LogP contribution < -0.4 is 5.32 Å². The van der Waals surface area contributed by atoms with Gasteiger partial charge in [0, 0.05) is 30.5 Å². The van der Waals surface area contributed by atoms with E-state index < -0.39 is 0 Å². The summed E-state index contributed by atoms with van der Waals surface area (Å²) in [5.74, 6) is 0.834. The van der Waals surface area contributed by atoms with Crippen LogP contribution >= 0.6 is 0 Å². The summed E-state index contributed by atoms with van der Waals surface area (Å²) < 4.78 is 5.47. The Morgan fingerprint density at radius 1 is 1.16 bits per heavy atom. The molecule has 164 valence electrons. The summed E-state index contributed by atoms with van der Waals surface area (Å²) in [5.41, 5.74) is 8.73. The number of benzene rings is 2. The molecule has 1 aliphatic carbocycles. The van der Waals surface area contributed by atoms with Crippen molar-refractivity contribution < 1.29 is 4.74 Å². The maximum Gasteiger partial charge on any atom is 0.0996 e. The highest BCUT2D eigenvalue weighted by molar-refractivity contribution is 6.05. The van der Waals surface area contributed by atoms with Gasteiger partial charge < -0.3 is 10.1 Å². The summed E-state index contributed by atoms with van der Waals surface area (Å²) in [6.07, 6.45) is 11.5. The summed E-state index contributed by atoms with van der Waals surface area (Å²) in [6.45, 7) is 4.43. The fourth-order valence-electron chi connectivity index (χ4n) is 4.89. The topological polar surface area (TPSA) is 46.0 Å². The van der Waals surface area contributed by atoms with Gasteiger partial charge in [-0.15, -0.1) is 0 Å². The number of unbranched alkanes of at least 4 members (excludes halogenated alkanes) is 1. The molecule has 2 aromatic carbocycles. The Morgan fingerprint density at radius 3 is 2.90 bits per heavy atom. The van der Waals surface area contributed by atoms with Crippen molar-refractivity contribution >= 4 is 23.3 Å². The maximum absolute atomic E-state index is 5.47. The van der Waals surface area contributed by atoms with Gasteiger partial charge in [0.25, 0.3) is 0 Å². The predicted molar refractivity (Wildman–Crippen MR) is 131 cm³/mol. The van der Waals surface area contributed by atoms with Gasteiger partial charge in [0.2, 0.25) is 0 Å². The van der Waals surface area contributed by atoms with Crippen LogP contribution in [0.4, 0.5) is 11.4 Å². The van der Waals surface area contributed by atoms with Crippen LogP contribution in [-0.4, -0.2) is 25.1 Å². The smallest absolute Gasteiger partial charge is 0.0996 e. The normalized spacial score (nSPS) is 20.7. The molecular formula is C27H35N3O. The first-order chi connectivity index (χ1) is 15.2. The zero-order valence-corrected chi connectivity index (χ0v) is 19.2. The molecule has 1 N–H and O–H groups in total. The van der Waals surface area contributed by atoms with Crippen molar-refractivity contribution in [2.45, 2.75) is 71.3 Å². The van der Waals surface area contributed by atoms with E-state index >= 15 is 0 Å². The van der Waals surface area contributed by atoms with E-state index in [-0.39, 0.29) is 6.10 Å². The van der Waals surface area contributed by atoms with E-state index in [1.807, 2.05) is 0 Å². The lowest BCUT2D eigenvalue weighted by atomic mass is 9.92. The molecule has 0 bridgehead atoms. The van der Waals surface area contributed by atoms with Crippen molar-refractivity contribution in [2.24, 2.45) is 16.1 Å². The van der Waals surface area contributed by atoms with E-state index in [1.54, 1.807) is 13.3 Å². The molecule has 0 amide bonds.